The van der Waals surface area contributed by atoms with E-state index >= 15 is 0 Å². The quantitative estimate of drug-likeness (QED) is 0.749. The van der Waals surface area contributed by atoms with Crippen molar-refractivity contribution in [3.05, 3.63) is 65.7 Å². The Balaban J connectivity index is 1.51. The Morgan fingerprint density at radius 3 is 2.81 bits per heavy atom. The molecule has 1 aliphatic heterocycles. The maximum atomic E-state index is 6.14. The van der Waals surface area contributed by atoms with Gasteiger partial charge in [0.15, 0.2) is 0 Å². The van der Waals surface area contributed by atoms with Gasteiger partial charge in [-0.15, -0.1) is 0 Å². The number of hydrogen-bond acceptors (Lipinski definition) is 5. The lowest BCUT2D eigenvalue weighted by atomic mass is 10.2. The lowest BCUT2D eigenvalue weighted by Crippen LogP contribution is -2.43. The Labute approximate surface area is 157 Å². The third kappa shape index (κ3) is 3.81. The Kier molecular flexibility index (Phi) is 5.04. The van der Waals surface area contributed by atoms with Crippen LogP contribution in [0.3, 0.4) is 0 Å². The lowest BCUT2D eigenvalue weighted by molar-refractivity contribution is 0.305. The van der Waals surface area contributed by atoms with Crippen molar-refractivity contribution in [2.24, 2.45) is 0 Å². The van der Waals surface area contributed by atoms with E-state index in [0.29, 0.717) is 11.6 Å². The van der Waals surface area contributed by atoms with Crippen molar-refractivity contribution in [1.29, 1.82) is 0 Å². The van der Waals surface area contributed by atoms with Crippen molar-refractivity contribution < 1.29 is 4.74 Å². The van der Waals surface area contributed by atoms with Crippen LogP contribution in [0.1, 0.15) is 5.56 Å². The minimum atomic E-state index is 0.428. The summed E-state index contributed by atoms with van der Waals surface area (Å²) in [5, 5.41) is 8.22. The zero-order valence-corrected chi connectivity index (χ0v) is 15.1. The van der Waals surface area contributed by atoms with Gasteiger partial charge >= 0.3 is 0 Å². The molecule has 0 amide bonds. The number of piperazine rings is 1. The molecule has 7 heteroatoms. The highest BCUT2D eigenvalue weighted by Crippen LogP contribution is 2.24. The summed E-state index contributed by atoms with van der Waals surface area (Å²) in [4.78, 5) is 6.38. The molecule has 0 bridgehead atoms. The zero-order valence-electron chi connectivity index (χ0n) is 14.3. The molecule has 0 saturated carbocycles. The average molecular weight is 370 g/mol. The second-order valence-electron chi connectivity index (χ2n) is 6.14. The van der Waals surface area contributed by atoms with E-state index in [4.69, 9.17) is 16.3 Å². The van der Waals surface area contributed by atoms with Crippen LogP contribution >= 0.6 is 11.6 Å². The molecule has 1 aromatic heterocycles. The summed E-state index contributed by atoms with van der Waals surface area (Å²) in [6.45, 7) is 4.47. The average Bonchev–Trinajstić information content (AvgIpc) is 3.23. The Hall–Kier alpha value is -2.57. The van der Waals surface area contributed by atoms with Crippen molar-refractivity contribution in [3.63, 3.8) is 0 Å². The van der Waals surface area contributed by atoms with Gasteiger partial charge in [0, 0.05) is 48.5 Å². The molecule has 26 heavy (non-hydrogen) atoms. The molecular weight excluding hydrogens is 350 g/mol. The van der Waals surface area contributed by atoms with Crippen LogP contribution < -0.4 is 15.0 Å². The predicted octanol–water partition coefficient (Wildman–Crippen LogP) is 2.91. The lowest BCUT2D eigenvalue weighted by Gasteiger charge is -2.29. The van der Waals surface area contributed by atoms with E-state index in [0.717, 1.165) is 43.2 Å². The maximum Gasteiger partial charge on any atom is 0.138 e. The molecule has 0 unspecified atom stereocenters. The molecule has 6 nitrogen and oxygen atoms in total. The van der Waals surface area contributed by atoms with Gasteiger partial charge < -0.3 is 15.0 Å². The largest absolute Gasteiger partial charge is 0.489 e. The van der Waals surface area contributed by atoms with E-state index in [2.05, 4.69) is 32.4 Å². The maximum absolute atomic E-state index is 6.14. The molecule has 1 fully saturated rings. The minimum absolute atomic E-state index is 0.428. The van der Waals surface area contributed by atoms with Crippen LogP contribution in [0.25, 0.3) is 5.69 Å². The van der Waals surface area contributed by atoms with Crippen LogP contribution in [0, 0.1) is 0 Å². The van der Waals surface area contributed by atoms with Crippen LogP contribution in [0.15, 0.2) is 55.1 Å². The second-order valence-corrected chi connectivity index (χ2v) is 6.57. The fourth-order valence-corrected chi connectivity index (χ4v) is 3.23. The first-order valence-corrected chi connectivity index (χ1v) is 8.99. The van der Waals surface area contributed by atoms with Crippen LogP contribution in [-0.2, 0) is 6.61 Å². The number of benzene rings is 2. The number of nitrogens with zero attached hydrogens (tertiary/aromatic N) is 4. The number of anilines is 1. The van der Waals surface area contributed by atoms with Crippen LogP contribution in [0.4, 0.5) is 5.69 Å². The fraction of sp³-hybridized carbons (Fsp3) is 0.263. The van der Waals surface area contributed by atoms with Crippen molar-refractivity contribution >= 4 is 17.3 Å². The van der Waals surface area contributed by atoms with Crippen molar-refractivity contribution in [1.82, 2.24) is 20.1 Å². The molecule has 2 aromatic carbocycles. The number of halogens is 1. The predicted molar refractivity (Wildman–Crippen MR) is 102 cm³/mol. The van der Waals surface area contributed by atoms with Gasteiger partial charge in [-0.1, -0.05) is 23.7 Å². The number of rotatable bonds is 5. The molecule has 134 valence electrons. The number of aromatic nitrogens is 3. The molecule has 1 saturated heterocycles. The molecule has 0 radical (unpaired) electrons. The summed E-state index contributed by atoms with van der Waals surface area (Å²) in [6, 6.07) is 13.9. The van der Waals surface area contributed by atoms with Gasteiger partial charge in [0.05, 0.1) is 5.69 Å². The van der Waals surface area contributed by atoms with E-state index in [1.54, 1.807) is 11.0 Å². The Morgan fingerprint density at radius 2 is 2.00 bits per heavy atom. The van der Waals surface area contributed by atoms with E-state index in [-0.39, 0.29) is 0 Å². The topological polar surface area (TPSA) is 55.2 Å². The van der Waals surface area contributed by atoms with Crippen molar-refractivity contribution in [3.8, 4) is 11.4 Å². The smallest absolute Gasteiger partial charge is 0.138 e. The monoisotopic (exact) mass is 369 g/mol. The van der Waals surface area contributed by atoms with E-state index in [1.807, 2.05) is 30.3 Å². The SMILES string of the molecule is Clc1ccc(COc2cccc(N3CCNCC3)c2)c(-n2cncn2)c1. The summed E-state index contributed by atoms with van der Waals surface area (Å²) >= 11 is 6.14. The molecule has 1 aliphatic rings. The summed E-state index contributed by atoms with van der Waals surface area (Å²) < 4.78 is 7.75. The molecule has 4 rings (SSSR count). The van der Waals surface area contributed by atoms with Gasteiger partial charge in [-0.2, -0.15) is 5.10 Å². The zero-order chi connectivity index (χ0) is 17.8. The summed E-state index contributed by atoms with van der Waals surface area (Å²) in [6.07, 6.45) is 3.16. The standard InChI is InChI=1S/C19H20ClN5O/c20-16-5-4-15(19(10-16)25-14-22-13-23-25)12-26-18-3-1-2-17(11-18)24-8-6-21-7-9-24/h1-5,10-11,13-14,21H,6-9,12H2. The van der Waals surface area contributed by atoms with E-state index in [9.17, 15) is 0 Å². The summed E-state index contributed by atoms with van der Waals surface area (Å²) in [5.74, 6) is 0.848. The third-order valence-electron chi connectivity index (χ3n) is 4.41. The fourth-order valence-electron chi connectivity index (χ4n) is 3.06. The van der Waals surface area contributed by atoms with Gasteiger partial charge in [0.25, 0.3) is 0 Å². The third-order valence-corrected chi connectivity index (χ3v) is 4.64. The molecule has 0 aliphatic carbocycles. The Bertz CT molecular complexity index is 862. The van der Waals surface area contributed by atoms with Gasteiger partial charge in [-0.05, 0) is 24.3 Å². The highest BCUT2D eigenvalue weighted by Gasteiger charge is 2.12. The Morgan fingerprint density at radius 1 is 1.12 bits per heavy atom. The van der Waals surface area contributed by atoms with Gasteiger partial charge in [0.2, 0.25) is 0 Å². The van der Waals surface area contributed by atoms with Crippen LogP contribution in [0.2, 0.25) is 5.02 Å². The van der Waals surface area contributed by atoms with Crippen LogP contribution in [0.5, 0.6) is 5.75 Å². The number of nitrogens with one attached hydrogen (secondary N) is 1. The highest BCUT2D eigenvalue weighted by atomic mass is 35.5. The molecule has 0 atom stereocenters. The van der Waals surface area contributed by atoms with Gasteiger partial charge in [-0.25, -0.2) is 9.67 Å². The molecule has 2 heterocycles. The first-order valence-electron chi connectivity index (χ1n) is 8.61. The summed E-state index contributed by atoms with van der Waals surface area (Å²) in [7, 11) is 0. The molecular formula is C19H20ClN5O. The normalized spacial score (nSPS) is 14.4. The highest BCUT2D eigenvalue weighted by molar-refractivity contribution is 6.30. The molecule has 1 N–H and O–H groups in total. The first-order chi connectivity index (χ1) is 12.8. The molecule has 0 spiro atoms. The van der Waals surface area contributed by atoms with E-state index in [1.165, 1.54) is 12.0 Å². The van der Waals surface area contributed by atoms with Crippen molar-refractivity contribution in [2.45, 2.75) is 6.61 Å². The van der Waals surface area contributed by atoms with Crippen LogP contribution in [-0.4, -0.2) is 40.9 Å². The first kappa shape index (κ1) is 16.9. The van der Waals surface area contributed by atoms with E-state index < -0.39 is 0 Å². The van der Waals surface area contributed by atoms with Gasteiger partial charge in [0.1, 0.15) is 25.0 Å². The minimum Gasteiger partial charge on any atom is -0.489 e. The number of hydrogen-bond donors (Lipinski definition) is 1. The summed E-state index contributed by atoms with van der Waals surface area (Å²) in [5.41, 5.74) is 3.05. The second kappa shape index (κ2) is 7.76. The molecule has 3 aromatic rings. The van der Waals surface area contributed by atoms with Gasteiger partial charge in [-0.3, -0.25) is 0 Å². The number of ether oxygens (including phenoxy) is 1. The van der Waals surface area contributed by atoms with Crippen molar-refractivity contribution in [2.75, 3.05) is 31.1 Å².